The first-order valence-electron chi connectivity index (χ1n) is 17.9. The van der Waals surface area contributed by atoms with Crippen molar-refractivity contribution in [1.29, 1.82) is 0 Å². The summed E-state index contributed by atoms with van der Waals surface area (Å²) in [6, 6.07) is 14.2. The van der Waals surface area contributed by atoms with Gasteiger partial charge >= 0.3 is 0 Å². The van der Waals surface area contributed by atoms with Crippen LogP contribution < -0.4 is 10.6 Å². The van der Waals surface area contributed by atoms with Crippen molar-refractivity contribution in [2.24, 2.45) is 24.3 Å². The number of nitrogens with one attached hydrogen (secondary N) is 2. The molecule has 2 saturated carbocycles. The average molecular weight is 654 g/mol. The summed E-state index contributed by atoms with van der Waals surface area (Å²) >= 11 is 0. The van der Waals surface area contributed by atoms with Crippen molar-refractivity contribution < 1.29 is 4.79 Å². The topological polar surface area (TPSA) is 97.6 Å². The Kier molecular flexibility index (Phi) is 9.61. The summed E-state index contributed by atoms with van der Waals surface area (Å²) < 4.78 is 1.79. The van der Waals surface area contributed by atoms with Crippen LogP contribution in [0.4, 0.5) is 0 Å². The van der Waals surface area contributed by atoms with Crippen LogP contribution in [0.1, 0.15) is 98.0 Å². The van der Waals surface area contributed by atoms with Gasteiger partial charge in [0.15, 0.2) is 0 Å². The third-order valence-corrected chi connectivity index (χ3v) is 11.5. The fourth-order valence-electron chi connectivity index (χ4n) is 8.54. The lowest BCUT2D eigenvalue weighted by atomic mass is 9.67. The van der Waals surface area contributed by atoms with Crippen LogP contribution in [0.25, 0.3) is 11.1 Å². The van der Waals surface area contributed by atoms with Crippen molar-refractivity contribution in [3.05, 3.63) is 108 Å². The Hall–Kier alpha value is -4.77. The molecule has 3 fully saturated rings. The molecule has 8 heteroatoms. The maximum absolute atomic E-state index is 13.9. The van der Waals surface area contributed by atoms with E-state index in [0.717, 1.165) is 104 Å². The summed E-state index contributed by atoms with van der Waals surface area (Å²) in [5.41, 5.74) is 7.27. The average Bonchev–Trinajstić information content (AvgIpc) is 3.73. The maximum Gasteiger partial charge on any atom is 0.229 e. The number of rotatable bonds is 9. The Morgan fingerprint density at radius 2 is 1.82 bits per heavy atom. The number of hydrogen-bond acceptors (Lipinski definition) is 6. The number of nitrogens with zero attached hydrogens (tertiary/aromatic N) is 5. The zero-order chi connectivity index (χ0) is 33.8. The number of amides is 1. The lowest BCUT2D eigenvalue weighted by Crippen LogP contribution is -2.35. The molecule has 4 aromatic rings. The second kappa shape index (κ2) is 14.4. The first kappa shape index (κ1) is 32.8. The van der Waals surface area contributed by atoms with Crippen LogP contribution in [0.3, 0.4) is 0 Å². The number of benzene rings is 1. The molecule has 7 rings (SSSR count). The predicted octanol–water partition coefficient (Wildman–Crippen LogP) is 6.85. The smallest absolute Gasteiger partial charge is 0.229 e. The van der Waals surface area contributed by atoms with Gasteiger partial charge < -0.3 is 10.6 Å². The molecule has 1 amide bonds. The molecule has 3 aliphatic rings. The SMILES string of the molecule is C#Cc1cnc(C[C@H]2CC[C@H](C(C(=O)NCc3ccccc3)c3ccc(-c4cnn(C)c4)cn3)CC2)nc1C1CCC2(CCNC2=C)CC1. The number of aromatic nitrogens is 5. The van der Waals surface area contributed by atoms with Crippen LogP contribution in [0.15, 0.2) is 79.5 Å². The zero-order valence-corrected chi connectivity index (χ0v) is 28.6. The first-order chi connectivity index (χ1) is 23.9. The summed E-state index contributed by atoms with van der Waals surface area (Å²) in [6.07, 6.45) is 23.9. The van der Waals surface area contributed by atoms with Gasteiger partial charge in [-0.2, -0.15) is 5.10 Å². The van der Waals surface area contributed by atoms with E-state index >= 15 is 0 Å². The maximum atomic E-state index is 13.9. The molecule has 1 spiro atoms. The summed E-state index contributed by atoms with van der Waals surface area (Å²) in [5, 5.41) is 11.0. The van der Waals surface area contributed by atoms with Crippen LogP contribution >= 0.6 is 0 Å². The molecule has 2 N–H and O–H groups in total. The van der Waals surface area contributed by atoms with Gasteiger partial charge in [-0.1, -0.05) is 48.9 Å². The van der Waals surface area contributed by atoms with Crippen LogP contribution in [0.2, 0.25) is 0 Å². The normalized spacial score (nSPS) is 24.2. The Balaban J connectivity index is 1.02. The Bertz CT molecular complexity index is 1810. The van der Waals surface area contributed by atoms with Crippen LogP contribution in [-0.2, 0) is 24.8 Å². The van der Waals surface area contributed by atoms with Crippen molar-refractivity contribution >= 4 is 5.91 Å². The van der Waals surface area contributed by atoms with E-state index in [1.165, 1.54) is 12.1 Å². The fraction of sp³-hybridized carbons (Fsp3) is 0.439. The van der Waals surface area contributed by atoms with E-state index in [1.54, 1.807) is 4.68 Å². The van der Waals surface area contributed by atoms with E-state index < -0.39 is 0 Å². The number of carbonyl (C=O) groups excluding carboxylic acids is 1. The van der Waals surface area contributed by atoms with Gasteiger partial charge in [0.1, 0.15) is 5.82 Å². The summed E-state index contributed by atoms with van der Waals surface area (Å²) in [4.78, 5) is 28.6. The number of allylic oxidation sites excluding steroid dienone is 1. The molecule has 3 aromatic heterocycles. The van der Waals surface area contributed by atoms with Gasteiger partial charge in [-0.25, -0.2) is 9.97 Å². The molecular formula is C41H47N7O. The highest BCUT2D eigenvalue weighted by molar-refractivity contribution is 5.83. The van der Waals surface area contributed by atoms with E-state index in [1.807, 2.05) is 68.2 Å². The third kappa shape index (κ3) is 7.17. The minimum absolute atomic E-state index is 0.0398. The van der Waals surface area contributed by atoms with Gasteiger partial charge in [0.25, 0.3) is 0 Å². The monoisotopic (exact) mass is 653 g/mol. The van der Waals surface area contributed by atoms with Gasteiger partial charge in [-0.3, -0.25) is 14.5 Å². The summed E-state index contributed by atoms with van der Waals surface area (Å²) in [5.74, 6) is 4.54. The molecule has 0 bridgehead atoms. The van der Waals surface area contributed by atoms with Crippen LogP contribution in [0, 0.1) is 29.6 Å². The van der Waals surface area contributed by atoms with E-state index in [9.17, 15) is 4.79 Å². The molecule has 1 saturated heterocycles. The third-order valence-electron chi connectivity index (χ3n) is 11.5. The molecule has 1 aliphatic heterocycles. The molecule has 252 valence electrons. The molecular weight excluding hydrogens is 606 g/mol. The minimum atomic E-state index is -0.314. The van der Waals surface area contributed by atoms with Crippen molar-refractivity contribution in [2.75, 3.05) is 6.54 Å². The highest BCUT2D eigenvalue weighted by Crippen LogP contribution is 2.50. The predicted molar refractivity (Wildman–Crippen MR) is 192 cm³/mol. The number of terminal acetylenes is 1. The molecule has 0 radical (unpaired) electrons. The van der Waals surface area contributed by atoms with Crippen molar-refractivity contribution in [2.45, 2.75) is 82.6 Å². The molecule has 8 nitrogen and oxygen atoms in total. The van der Waals surface area contributed by atoms with E-state index in [4.69, 9.17) is 21.4 Å². The second-order valence-corrected chi connectivity index (χ2v) is 14.5. The van der Waals surface area contributed by atoms with Gasteiger partial charge in [-0.15, -0.1) is 6.42 Å². The Labute approximate surface area is 290 Å². The van der Waals surface area contributed by atoms with Crippen molar-refractivity contribution in [3.63, 3.8) is 0 Å². The van der Waals surface area contributed by atoms with Gasteiger partial charge in [-0.05, 0) is 81.3 Å². The molecule has 2 aliphatic carbocycles. The quantitative estimate of drug-likeness (QED) is 0.192. The summed E-state index contributed by atoms with van der Waals surface area (Å²) in [6.45, 7) is 5.86. The lowest BCUT2D eigenvalue weighted by molar-refractivity contribution is -0.124. The van der Waals surface area contributed by atoms with E-state index in [2.05, 4.69) is 34.3 Å². The standard InChI is InChI=1S/C41H47N7O/c1-4-31-24-44-37(47-39(31)33-16-18-41(19-17-33)20-21-42-28(41)2)22-29-10-12-32(13-11-29)38(40(49)45-23-30-8-6-5-7-9-30)36-15-14-34(25-43-36)35-26-46-48(3)27-35/h1,5-9,14-15,24-27,29,32-33,38,42H,2,10-13,16-23H2,3H3,(H,45,49)/t29-,32-,33?,38?,41?. The molecule has 1 atom stereocenters. The van der Waals surface area contributed by atoms with Gasteiger partial charge in [0.05, 0.1) is 29.1 Å². The largest absolute Gasteiger partial charge is 0.388 e. The number of carbonyl (C=O) groups is 1. The number of aryl methyl sites for hydroxylation is 1. The minimum Gasteiger partial charge on any atom is -0.388 e. The van der Waals surface area contributed by atoms with E-state index in [0.29, 0.717) is 18.4 Å². The van der Waals surface area contributed by atoms with Crippen LogP contribution in [-0.4, -0.2) is 37.2 Å². The van der Waals surface area contributed by atoms with Crippen LogP contribution in [0.5, 0.6) is 0 Å². The first-order valence-corrected chi connectivity index (χ1v) is 17.9. The van der Waals surface area contributed by atoms with Gasteiger partial charge in [0, 0.05) is 73.3 Å². The van der Waals surface area contributed by atoms with Crippen molar-refractivity contribution in [3.8, 4) is 23.5 Å². The molecule has 1 aromatic carbocycles. The molecule has 49 heavy (non-hydrogen) atoms. The number of hydrogen-bond donors (Lipinski definition) is 2. The Morgan fingerprint density at radius 3 is 2.47 bits per heavy atom. The lowest BCUT2D eigenvalue weighted by Gasteiger charge is -2.37. The second-order valence-electron chi connectivity index (χ2n) is 14.5. The van der Waals surface area contributed by atoms with Crippen molar-refractivity contribution in [1.82, 2.24) is 35.4 Å². The zero-order valence-electron chi connectivity index (χ0n) is 28.6. The van der Waals surface area contributed by atoms with Gasteiger partial charge in [0.2, 0.25) is 5.91 Å². The number of pyridine rings is 1. The highest BCUT2D eigenvalue weighted by atomic mass is 16.1. The fourth-order valence-corrected chi connectivity index (χ4v) is 8.54. The molecule has 1 unspecified atom stereocenters. The molecule has 4 heterocycles. The highest BCUT2D eigenvalue weighted by Gasteiger charge is 2.41. The Morgan fingerprint density at radius 1 is 1.02 bits per heavy atom. The van der Waals surface area contributed by atoms with E-state index in [-0.39, 0.29) is 23.2 Å². The summed E-state index contributed by atoms with van der Waals surface area (Å²) in [7, 11) is 1.91.